The molecule has 2 rings (SSSR count). The average Bonchev–Trinajstić information content (AvgIpc) is 2.40. The second-order valence-electron chi connectivity index (χ2n) is 5.64. The molecule has 1 aliphatic rings. The Bertz CT molecular complexity index is 586. The number of hydrogen-bond acceptors (Lipinski definition) is 3. The summed E-state index contributed by atoms with van der Waals surface area (Å²) >= 11 is 9.10. The molecule has 1 saturated carbocycles. The monoisotopic (exact) mass is 380 g/mol. The van der Waals surface area contributed by atoms with Crippen molar-refractivity contribution in [1.29, 1.82) is 0 Å². The van der Waals surface area contributed by atoms with Crippen LogP contribution in [0.25, 0.3) is 0 Å². The highest BCUT2D eigenvalue weighted by molar-refractivity contribution is 9.10. The molecule has 4 nitrogen and oxygen atoms in total. The van der Waals surface area contributed by atoms with Gasteiger partial charge in [0.2, 0.25) is 10.0 Å². The summed E-state index contributed by atoms with van der Waals surface area (Å²) in [4.78, 5) is 3.88. The van der Waals surface area contributed by atoms with Crippen LogP contribution in [0.4, 0.5) is 0 Å². The molecule has 0 radical (unpaired) electrons. The van der Waals surface area contributed by atoms with Crippen LogP contribution in [0.2, 0.25) is 5.15 Å². The third-order valence-electron chi connectivity index (χ3n) is 3.81. The molecule has 1 aromatic rings. The van der Waals surface area contributed by atoms with Crippen LogP contribution < -0.4 is 4.72 Å². The van der Waals surface area contributed by atoms with Gasteiger partial charge in [-0.2, -0.15) is 0 Å². The van der Waals surface area contributed by atoms with Gasteiger partial charge in [0.1, 0.15) is 10.0 Å². The lowest BCUT2D eigenvalue weighted by atomic mass is 9.76. The van der Waals surface area contributed by atoms with Gasteiger partial charge in [0.25, 0.3) is 0 Å². The van der Waals surface area contributed by atoms with E-state index >= 15 is 0 Å². The van der Waals surface area contributed by atoms with Gasteiger partial charge in [-0.1, -0.05) is 37.8 Å². The zero-order valence-electron chi connectivity index (χ0n) is 11.3. The maximum Gasteiger partial charge on any atom is 0.243 e. The van der Waals surface area contributed by atoms with E-state index in [1.807, 2.05) is 0 Å². The van der Waals surface area contributed by atoms with Crippen molar-refractivity contribution in [1.82, 2.24) is 9.71 Å². The number of aromatic nitrogens is 1. The topological polar surface area (TPSA) is 59.1 Å². The Hall–Kier alpha value is -0.170. The highest BCUT2D eigenvalue weighted by atomic mass is 79.9. The molecule has 0 bridgehead atoms. The number of halogens is 2. The third kappa shape index (κ3) is 3.93. The van der Waals surface area contributed by atoms with Gasteiger partial charge < -0.3 is 0 Å². The molecular weight excluding hydrogens is 364 g/mol. The molecular formula is C13H18BrClN2O2S. The van der Waals surface area contributed by atoms with E-state index in [0.29, 0.717) is 11.0 Å². The van der Waals surface area contributed by atoms with Crippen molar-refractivity contribution in [3.63, 3.8) is 0 Å². The quantitative estimate of drug-likeness (QED) is 0.808. The first kappa shape index (κ1) is 16.2. The first-order chi connectivity index (χ1) is 9.32. The highest BCUT2D eigenvalue weighted by Gasteiger charge is 2.29. The van der Waals surface area contributed by atoms with Crippen LogP contribution in [0.3, 0.4) is 0 Å². The molecule has 1 fully saturated rings. The third-order valence-corrected chi connectivity index (χ3v) is 6.07. The molecule has 1 aliphatic carbocycles. The van der Waals surface area contributed by atoms with Gasteiger partial charge in [-0.05, 0) is 40.3 Å². The predicted octanol–water partition coefficient (Wildman–Crippen LogP) is 3.75. The van der Waals surface area contributed by atoms with Gasteiger partial charge in [0.15, 0.2) is 0 Å². The standard InChI is InChI=1S/C13H18BrClN2O2S/c1-13(5-3-2-4-6-13)9-17-20(18,19)11-7-10(14)8-16-12(11)15/h7-8,17H,2-6,9H2,1H3. The molecule has 0 aliphatic heterocycles. The molecule has 1 N–H and O–H groups in total. The summed E-state index contributed by atoms with van der Waals surface area (Å²) in [5, 5.41) is -0.00510. The summed E-state index contributed by atoms with van der Waals surface area (Å²) in [5.74, 6) is 0. The molecule has 0 unspecified atom stereocenters. The van der Waals surface area contributed by atoms with E-state index < -0.39 is 10.0 Å². The fraction of sp³-hybridized carbons (Fsp3) is 0.615. The molecule has 1 heterocycles. The average molecular weight is 382 g/mol. The Morgan fingerprint density at radius 1 is 1.40 bits per heavy atom. The predicted molar refractivity (Wildman–Crippen MR) is 83.3 cm³/mol. The maximum absolute atomic E-state index is 12.3. The number of pyridine rings is 1. The first-order valence-corrected chi connectivity index (χ1v) is 9.29. The minimum absolute atomic E-state index is 0.00510. The summed E-state index contributed by atoms with van der Waals surface area (Å²) in [5.41, 5.74) is 0.0389. The lowest BCUT2D eigenvalue weighted by Crippen LogP contribution is -2.37. The van der Waals surface area contributed by atoms with Crippen LogP contribution in [0, 0.1) is 5.41 Å². The van der Waals surface area contributed by atoms with E-state index in [4.69, 9.17) is 11.6 Å². The Morgan fingerprint density at radius 2 is 2.05 bits per heavy atom. The Morgan fingerprint density at radius 3 is 2.70 bits per heavy atom. The smallest absolute Gasteiger partial charge is 0.242 e. The van der Waals surface area contributed by atoms with E-state index in [-0.39, 0.29) is 15.5 Å². The van der Waals surface area contributed by atoms with Crippen LogP contribution in [0.1, 0.15) is 39.0 Å². The normalized spacial score (nSPS) is 18.9. The van der Waals surface area contributed by atoms with Gasteiger partial charge in [-0.25, -0.2) is 18.1 Å². The van der Waals surface area contributed by atoms with Crippen molar-refractivity contribution in [2.45, 2.75) is 43.9 Å². The fourth-order valence-electron chi connectivity index (χ4n) is 2.52. The Balaban J connectivity index is 2.13. The van der Waals surface area contributed by atoms with E-state index in [9.17, 15) is 8.42 Å². The Kier molecular flexibility index (Phi) is 5.10. The van der Waals surface area contributed by atoms with Gasteiger partial charge >= 0.3 is 0 Å². The molecule has 7 heteroatoms. The van der Waals surface area contributed by atoms with E-state index in [1.165, 1.54) is 18.7 Å². The summed E-state index contributed by atoms with van der Waals surface area (Å²) in [6.07, 6.45) is 7.16. The van der Waals surface area contributed by atoms with Crippen molar-refractivity contribution in [3.8, 4) is 0 Å². The van der Waals surface area contributed by atoms with Gasteiger partial charge in [0, 0.05) is 17.2 Å². The number of nitrogens with one attached hydrogen (secondary N) is 1. The lowest BCUT2D eigenvalue weighted by Gasteiger charge is -2.33. The van der Waals surface area contributed by atoms with Gasteiger partial charge in [0.05, 0.1) is 0 Å². The number of rotatable bonds is 4. The van der Waals surface area contributed by atoms with Gasteiger partial charge in [-0.15, -0.1) is 0 Å². The SMILES string of the molecule is CC1(CNS(=O)(=O)c2cc(Br)cnc2Cl)CCCCC1. The Labute approximate surface area is 133 Å². The minimum atomic E-state index is -3.63. The molecule has 0 atom stereocenters. The largest absolute Gasteiger partial charge is 0.243 e. The number of sulfonamides is 1. The zero-order chi connectivity index (χ0) is 14.8. The van der Waals surface area contributed by atoms with Crippen molar-refractivity contribution < 1.29 is 8.42 Å². The molecule has 0 spiro atoms. The number of nitrogens with zero attached hydrogens (tertiary/aromatic N) is 1. The van der Waals surface area contributed by atoms with E-state index in [2.05, 4.69) is 32.6 Å². The minimum Gasteiger partial charge on any atom is -0.242 e. The van der Waals surface area contributed by atoms with Crippen molar-refractivity contribution in [2.75, 3.05) is 6.54 Å². The number of hydrogen-bond donors (Lipinski definition) is 1. The summed E-state index contributed by atoms with van der Waals surface area (Å²) in [7, 11) is -3.63. The first-order valence-electron chi connectivity index (χ1n) is 6.63. The maximum atomic E-state index is 12.3. The van der Waals surface area contributed by atoms with Crippen LogP contribution in [0.5, 0.6) is 0 Å². The fourth-order valence-corrected chi connectivity index (χ4v) is 4.66. The van der Waals surface area contributed by atoms with Crippen LogP contribution in [-0.4, -0.2) is 19.9 Å². The van der Waals surface area contributed by atoms with E-state index in [1.54, 1.807) is 0 Å². The van der Waals surface area contributed by atoms with Crippen LogP contribution in [0.15, 0.2) is 21.6 Å². The molecule has 1 aromatic heterocycles. The second kappa shape index (κ2) is 6.30. The molecule has 0 amide bonds. The lowest BCUT2D eigenvalue weighted by molar-refractivity contribution is 0.219. The van der Waals surface area contributed by atoms with Crippen LogP contribution in [-0.2, 0) is 10.0 Å². The zero-order valence-corrected chi connectivity index (χ0v) is 14.5. The molecule has 112 valence electrons. The summed E-state index contributed by atoms with van der Waals surface area (Å²) in [6, 6.07) is 1.47. The summed E-state index contributed by atoms with van der Waals surface area (Å²) < 4.78 is 27.9. The summed E-state index contributed by atoms with van der Waals surface area (Å²) in [6.45, 7) is 2.58. The van der Waals surface area contributed by atoms with Crippen molar-refractivity contribution in [3.05, 3.63) is 21.9 Å². The molecule has 20 heavy (non-hydrogen) atoms. The van der Waals surface area contributed by atoms with Crippen LogP contribution >= 0.6 is 27.5 Å². The second-order valence-corrected chi connectivity index (χ2v) is 8.65. The van der Waals surface area contributed by atoms with Crippen molar-refractivity contribution in [2.24, 2.45) is 5.41 Å². The van der Waals surface area contributed by atoms with E-state index in [0.717, 1.165) is 25.7 Å². The highest BCUT2D eigenvalue weighted by Crippen LogP contribution is 2.35. The molecule has 0 saturated heterocycles. The van der Waals surface area contributed by atoms with Gasteiger partial charge in [-0.3, -0.25) is 0 Å². The molecule has 0 aromatic carbocycles. The van der Waals surface area contributed by atoms with Crippen molar-refractivity contribution >= 4 is 37.6 Å².